The van der Waals surface area contributed by atoms with Crippen molar-refractivity contribution in [2.24, 2.45) is 0 Å². The van der Waals surface area contributed by atoms with Crippen molar-refractivity contribution in [2.75, 3.05) is 0 Å². The van der Waals surface area contributed by atoms with Crippen LogP contribution >= 0.6 is 0 Å². The van der Waals surface area contributed by atoms with Crippen molar-refractivity contribution in [1.29, 1.82) is 0 Å². The molecule has 2 atom stereocenters. The van der Waals surface area contributed by atoms with E-state index in [9.17, 15) is 8.42 Å². The summed E-state index contributed by atoms with van der Waals surface area (Å²) in [5.41, 5.74) is 4.73. The molecule has 3 aromatic rings. The largest absolute Gasteiger partial charge is 0.254 e. The summed E-state index contributed by atoms with van der Waals surface area (Å²) in [6.45, 7) is 7.99. The zero-order valence-corrected chi connectivity index (χ0v) is 19.2. The molecule has 0 amide bonds. The number of benzene rings is 3. The minimum atomic E-state index is -1.32. The Labute approximate surface area is 195 Å². The third-order valence-electron chi connectivity index (χ3n) is 4.84. The summed E-state index contributed by atoms with van der Waals surface area (Å²) in [5, 5.41) is 0. The molecule has 158 valence electrons. The Bertz CT molecular complexity index is 1220. The van der Waals surface area contributed by atoms with Gasteiger partial charge in [0.15, 0.2) is 0 Å². The van der Waals surface area contributed by atoms with Crippen LogP contribution in [0.15, 0.2) is 86.0 Å². The number of rotatable bonds is 8. The molecule has 0 radical (unpaired) electrons. The zero-order chi connectivity index (χ0) is 23.1. The molecule has 0 N–H and O–H groups in total. The molecule has 0 aliphatic rings. The van der Waals surface area contributed by atoms with Crippen LogP contribution in [-0.2, 0) is 33.1 Å². The fourth-order valence-electron chi connectivity index (χ4n) is 3.11. The summed E-state index contributed by atoms with van der Waals surface area (Å²) in [5.74, 6) is 5.78. The Morgan fingerprint density at radius 3 is 1.50 bits per heavy atom. The lowest BCUT2D eigenvalue weighted by Gasteiger charge is -2.10. The molecule has 3 rings (SSSR count). The van der Waals surface area contributed by atoms with Gasteiger partial charge in [-0.1, -0.05) is 73.5 Å². The van der Waals surface area contributed by atoms with Crippen molar-refractivity contribution in [3.8, 4) is 24.7 Å². The third kappa shape index (κ3) is 5.83. The molecule has 0 saturated heterocycles. The molecule has 2 nitrogen and oxygen atoms in total. The normalized spacial score (nSPS) is 12.2. The standard InChI is InChI=1S/C28H22O2S2/c1-5-23-10-8-14-27(17-23)21(3)31(29)19-25-12-7-13-26(16-25)20-32(30)22(4)28-15-9-11-24(6-2)18-28/h1-2,7-18H,3-4,19-20H2. The fourth-order valence-corrected chi connectivity index (χ4v) is 5.21. The number of hydrogen-bond acceptors (Lipinski definition) is 2. The molecular weight excluding hydrogens is 432 g/mol. The molecule has 0 aliphatic carbocycles. The van der Waals surface area contributed by atoms with Crippen LogP contribution in [0.4, 0.5) is 0 Å². The predicted octanol–water partition coefficient (Wildman–Crippen LogP) is 5.49. The highest BCUT2D eigenvalue weighted by Gasteiger charge is 2.12. The smallest absolute Gasteiger partial charge is 0.0574 e. The highest BCUT2D eigenvalue weighted by atomic mass is 32.2. The van der Waals surface area contributed by atoms with Gasteiger partial charge in [-0.3, -0.25) is 8.42 Å². The maximum Gasteiger partial charge on any atom is 0.0574 e. The van der Waals surface area contributed by atoms with Gasteiger partial charge in [0.25, 0.3) is 0 Å². The van der Waals surface area contributed by atoms with E-state index in [1.54, 1.807) is 12.1 Å². The molecular formula is C28H22O2S2. The van der Waals surface area contributed by atoms with Crippen molar-refractivity contribution in [3.63, 3.8) is 0 Å². The summed E-state index contributed by atoms with van der Waals surface area (Å²) in [6.07, 6.45) is 10.9. The Hall–Kier alpha value is -3.44. The molecule has 32 heavy (non-hydrogen) atoms. The quantitative estimate of drug-likeness (QED) is 0.422. The van der Waals surface area contributed by atoms with Crippen LogP contribution in [0.3, 0.4) is 0 Å². The molecule has 3 aromatic carbocycles. The second kappa shape index (κ2) is 10.7. The first-order valence-corrected chi connectivity index (χ1v) is 12.4. The lowest BCUT2D eigenvalue weighted by Crippen LogP contribution is -2.01. The average molecular weight is 455 g/mol. The van der Waals surface area contributed by atoms with Crippen LogP contribution in [0.25, 0.3) is 9.81 Å². The first-order valence-electron chi connectivity index (χ1n) is 9.77. The van der Waals surface area contributed by atoms with Crippen molar-refractivity contribution < 1.29 is 8.42 Å². The van der Waals surface area contributed by atoms with E-state index in [1.807, 2.05) is 60.7 Å². The van der Waals surface area contributed by atoms with Crippen LogP contribution < -0.4 is 0 Å². The lowest BCUT2D eigenvalue weighted by molar-refractivity contribution is 0.688. The minimum absolute atomic E-state index is 0.310. The predicted molar refractivity (Wildman–Crippen MR) is 137 cm³/mol. The third-order valence-corrected chi connectivity index (χ3v) is 7.60. The second-order valence-corrected chi connectivity index (χ2v) is 10.0. The first-order chi connectivity index (χ1) is 15.4. The van der Waals surface area contributed by atoms with Gasteiger partial charge >= 0.3 is 0 Å². The van der Waals surface area contributed by atoms with E-state index in [2.05, 4.69) is 25.0 Å². The van der Waals surface area contributed by atoms with Gasteiger partial charge in [-0.05, 0) is 46.5 Å². The SMILES string of the molecule is C#Cc1cccc(C(=C)S(=O)Cc2cccc(CS(=O)C(=C)c3cccc(C#C)c3)c2)c1. The van der Waals surface area contributed by atoms with E-state index in [4.69, 9.17) is 12.8 Å². The summed E-state index contributed by atoms with van der Waals surface area (Å²) >= 11 is 0. The minimum Gasteiger partial charge on any atom is -0.254 e. The van der Waals surface area contributed by atoms with E-state index in [0.717, 1.165) is 33.4 Å². The summed E-state index contributed by atoms with van der Waals surface area (Å²) in [7, 11) is -2.63. The van der Waals surface area contributed by atoms with Crippen molar-refractivity contribution in [2.45, 2.75) is 11.5 Å². The zero-order valence-electron chi connectivity index (χ0n) is 17.5. The topological polar surface area (TPSA) is 34.1 Å². The van der Waals surface area contributed by atoms with Crippen molar-refractivity contribution >= 4 is 31.4 Å². The molecule has 4 heteroatoms. The van der Waals surface area contributed by atoms with Crippen LogP contribution in [0.5, 0.6) is 0 Å². The second-order valence-electron chi connectivity index (χ2n) is 7.10. The maximum atomic E-state index is 12.9. The monoisotopic (exact) mass is 454 g/mol. The molecule has 0 aromatic heterocycles. The van der Waals surface area contributed by atoms with Gasteiger partial charge in [0.1, 0.15) is 0 Å². The van der Waals surface area contributed by atoms with E-state index in [-0.39, 0.29) is 0 Å². The van der Waals surface area contributed by atoms with Gasteiger partial charge in [-0.15, -0.1) is 12.8 Å². The van der Waals surface area contributed by atoms with Crippen LogP contribution in [0, 0.1) is 24.7 Å². The van der Waals surface area contributed by atoms with E-state index in [0.29, 0.717) is 21.3 Å². The first kappa shape index (κ1) is 23.2. The Morgan fingerprint density at radius 1 is 0.688 bits per heavy atom. The van der Waals surface area contributed by atoms with Gasteiger partial charge in [-0.2, -0.15) is 0 Å². The maximum absolute atomic E-state index is 12.9. The van der Waals surface area contributed by atoms with Gasteiger partial charge < -0.3 is 0 Å². The van der Waals surface area contributed by atoms with Crippen molar-refractivity contribution in [3.05, 3.63) is 119 Å². The summed E-state index contributed by atoms with van der Waals surface area (Å²) < 4.78 is 25.7. The highest BCUT2D eigenvalue weighted by Crippen LogP contribution is 2.23. The molecule has 0 fully saturated rings. The van der Waals surface area contributed by atoms with Gasteiger partial charge in [0.05, 0.1) is 33.1 Å². The van der Waals surface area contributed by atoms with Crippen molar-refractivity contribution in [1.82, 2.24) is 0 Å². The lowest BCUT2D eigenvalue weighted by atomic mass is 10.1. The number of terminal acetylenes is 2. The van der Waals surface area contributed by atoms with Gasteiger partial charge in [0.2, 0.25) is 0 Å². The van der Waals surface area contributed by atoms with Crippen LogP contribution in [-0.4, -0.2) is 8.42 Å². The Kier molecular flexibility index (Phi) is 7.79. The molecule has 0 saturated carbocycles. The molecule has 0 spiro atoms. The average Bonchev–Trinajstić information content (AvgIpc) is 2.83. The van der Waals surface area contributed by atoms with Crippen LogP contribution in [0.2, 0.25) is 0 Å². The molecule has 0 bridgehead atoms. The molecule has 2 unspecified atom stereocenters. The van der Waals surface area contributed by atoms with E-state index in [1.165, 1.54) is 0 Å². The highest BCUT2D eigenvalue weighted by molar-refractivity contribution is 7.94. The van der Waals surface area contributed by atoms with Gasteiger partial charge in [-0.25, -0.2) is 0 Å². The van der Waals surface area contributed by atoms with E-state index >= 15 is 0 Å². The van der Waals surface area contributed by atoms with Gasteiger partial charge in [0, 0.05) is 20.9 Å². The molecule has 0 aliphatic heterocycles. The summed E-state index contributed by atoms with van der Waals surface area (Å²) in [4.78, 5) is 1.05. The fraction of sp³-hybridized carbons (Fsp3) is 0.0714. The Morgan fingerprint density at radius 2 is 1.09 bits per heavy atom. The number of hydrogen-bond donors (Lipinski definition) is 0. The molecule has 0 heterocycles. The summed E-state index contributed by atoms with van der Waals surface area (Å²) in [6, 6.07) is 22.2. The Balaban J connectivity index is 1.69. The van der Waals surface area contributed by atoms with Crippen LogP contribution in [0.1, 0.15) is 33.4 Å². The van der Waals surface area contributed by atoms with E-state index < -0.39 is 21.6 Å².